The van der Waals surface area contributed by atoms with Crippen molar-refractivity contribution in [3.05, 3.63) is 35.9 Å². The van der Waals surface area contributed by atoms with Crippen LogP contribution >= 0.6 is 0 Å². The predicted molar refractivity (Wildman–Crippen MR) is 158 cm³/mol. The summed E-state index contributed by atoms with van der Waals surface area (Å²) in [6.07, 6.45) is 0.181. The van der Waals surface area contributed by atoms with Crippen molar-refractivity contribution in [2.24, 2.45) is 5.92 Å². The maximum absolute atomic E-state index is 13.7. The predicted octanol–water partition coefficient (Wildman–Crippen LogP) is -1.12. The number of ether oxygens (including phenoxy) is 1. The lowest BCUT2D eigenvalue weighted by Crippen LogP contribution is -2.59. The fraction of sp³-hybridized carbons (Fsp3) is 0.600. The van der Waals surface area contributed by atoms with Crippen molar-refractivity contribution in [3.63, 3.8) is 0 Å². The fourth-order valence-electron chi connectivity index (χ4n) is 5.34. The maximum Gasteiger partial charge on any atom is 0.248 e. The van der Waals surface area contributed by atoms with Gasteiger partial charge in [-0.3, -0.25) is 28.8 Å². The number of aliphatic hydroxyl groups is 1. The van der Waals surface area contributed by atoms with Crippen molar-refractivity contribution in [2.45, 2.75) is 82.7 Å². The minimum absolute atomic E-state index is 0.0143. The van der Waals surface area contributed by atoms with Gasteiger partial charge in [-0.15, -0.1) is 0 Å². The van der Waals surface area contributed by atoms with Crippen molar-refractivity contribution in [3.8, 4) is 0 Å². The molecule has 242 valence electrons. The molecular formula is C30H44N6O8. The fourth-order valence-corrected chi connectivity index (χ4v) is 5.34. The highest BCUT2D eigenvalue weighted by Crippen LogP contribution is 2.21. The number of amides is 6. The van der Waals surface area contributed by atoms with Gasteiger partial charge in [0.1, 0.15) is 24.2 Å². The standard InChI is InChI=1S/C30H44N6O8/c1-17(2)12-22-28(41)35-23(16-37)30(43)36-15-20(32-25(38)10-11-44-4)13-24(36)29(42)31-18(3)27(40)34-21(14-26(39)33-22)19-8-6-5-7-9-19/h5-9,17-18,20-24,37H,10-16H2,1-4H3,(H,31,42)(H,32,38)(H,33,39)(H,34,40)(H,35,41)/t18-,20-,21+,22-,23+,24-/m0/s1. The summed E-state index contributed by atoms with van der Waals surface area (Å²) in [6, 6.07) is 2.89. The summed E-state index contributed by atoms with van der Waals surface area (Å²) >= 11 is 0. The molecule has 0 bridgehead atoms. The number of nitrogens with zero attached hydrogens (tertiary/aromatic N) is 1. The van der Waals surface area contributed by atoms with E-state index in [1.807, 2.05) is 13.8 Å². The molecule has 2 heterocycles. The van der Waals surface area contributed by atoms with E-state index >= 15 is 0 Å². The SMILES string of the molecule is COCCC(=O)N[C@H]1C[C@H]2C(=O)N[C@@H](C)C(=O)N[C@@H](c3ccccc3)CC(=O)N[C@@H](CC(C)C)C(=O)N[C@H](CO)C(=O)N2C1. The summed E-state index contributed by atoms with van der Waals surface area (Å²) in [5, 5.41) is 23.7. The lowest BCUT2D eigenvalue weighted by Gasteiger charge is -2.30. The first-order valence-corrected chi connectivity index (χ1v) is 14.9. The van der Waals surface area contributed by atoms with E-state index in [0.29, 0.717) is 5.56 Å². The molecule has 1 aromatic carbocycles. The van der Waals surface area contributed by atoms with Gasteiger partial charge in [0.05, 0.1) is 25.7 Å². The van der Waals surface area contributed by atoms with Crippen LogP contribution in [0.5, 0.6) is 0 Å². The summed E-state index contributed by atoms with van der Waals surface area (Å²) in [7, 11) is 1.46. The summed E-state index contributed by atoms with van der Waals surface area (Å²) in [5.74, 6) is -3.47. The van der Waals surface area contributed by atoms with Crippen LogP contribution in [0.4, 0.5) is 0 Å². The molecule has 1 aromatic rings. The molecule has 0 saturated carbocycles. The summed E-state index contributed by atoms with van der Waals surface area (Å²) in [4.78, 5) is 80.6. The number of nitrogens with one attached hydrogen (secondary N) is 5. The number of rotatable bonds is 8. The average molecular weight is 617 g/mol. The smallest absolute Gasteiger partial charge is 0.248 e. The largest absolute Gasteiger partial charge is 0.394 e. The topological polar surface area (TPSA) is 195 Å². The van der Waals surface area contributed by atoms with Gasteiger partial charge in [0.15, 0.2) is 0 Å². The quantitative estimate of drug-likeness (QED) is 0.211. The number of hydrogen-bond donors (Lipinski definition) is 6. The Labute approximate surface area is 257 Å². The van der Waals surface area contributed by atoms with E-state index in [0.717, 1.165) is 0 Å². The summed E-state index contributed by atoms with van der Waals surface area (Å²) in [6.45, 7) is 4.59. The van der Waals surface area contributed by atoms with Gasteiger partial charge in [-0.1, -0.05) is 44.2 Å². The second-order valence-electron chi connectivity index (χ2n) is 11.6. The molecule has 0 aromatic heterocycles. The highest BCUT2D eigenvalue weighted by molar-refractivity contribution is 5.96. The van der Waals surface area contributed by atoms with E-state index in [4.69, 9.17) is 4.74 Å². The number of methoxy groups -OCH3 is 1. The molecule has 0 spiro atoms. The van der Waals surface area contributed by atoms with Crippen LogP contribution in [0, 0.1) is 5.92 Å². The van der Waals surface area contributed by atoms with Gasteiger partial charge in [0.2, 0.25) is 35.4 Å². The van der Waals surface area contributed by atoms with Gasteiger partial charge >= 0.3 is 0 Å². The number of carbonyl (C=O) groups excluding carboxylic acids is 6. The summed E-state index contributed by atoms with van der Waals surface area (Å²) < 4.78 is 4.94. The first-order valence-electron chi connectivity index (χ1n) is 14.9. The molecule has 2 fully saturated rings. The Morgan fingerprint density at radius 1 is 1.00 bits per heavy atom. The first-order chi connectivity index (χ1) is 20.9. The third-order valence-electron chi connectivity index (χ3n) is 7.60. The third kappa shape index (κ3) is 9.48. The number of benzene rings is 1. The Hall–Kier alpha value is -4.04. The second kappa shape index (κ2) is 16.1. The van der Waals surface area contributed by atoms with Gasteiger partial charge in [-0.25, -0.2) is 0 Å². The average Bonchev–Trinajstić information content (AvgIpc) is 3.41. The molecule has 6 amide bonds. The van der Waals surface area contributed by atoms with E-state index in [1.165, 1.54) is 18.9 Å². The van der Waals surface area contributed by atoms with Crippen LogP contribution in [0.3, 0.4) is 0 Å². The molecule has 2 aliphatic rings. The molecule has 44 heavy (non-hydrogen) atoms. The van der Waals surface area contributed by atoms with E-state index in [9.17, 15) is 33.9 Å². The van der Waals surface area contributed by atoms with Gasteiger partial charge in [0.25, 0.3) is 0 Å². The zero-order chi connectivity index (χ0) is 32.4. The van der Waals surface area contributed by atoms with Crippen molar-refractivity contribution in [1.29, 1.82) is 0 Å². The van der Waals surface area contributed by atoms with Crippen LogP contribution in [0.2, 0.25) is 0 Å². The van der Waals surface area contributed by atoms with Crippen LogP contribution in [-0.2, 0) is 33.5 Å². The highest BCUT2D eigenvalue weighted by Gasteiger charge is 2.43. The molecular weight excluding hydrogens is 572 g/mol. The number of fused-ring (bicyclic) bond motifs is 1. The molecule has 0 unspecified atom stereocenters. The highest BCUT2D eigenvalue weighted by atomic mass is 16.5. The molecule has 3 rings (SSSR count). The number of carbonyl (C=O) groups is 6. The van der Waals surface area contributed by atoms with Crippen LogP contribution in [-0.4, -0.2) is 103 Å². The van der Waals surface area contributed by atoms with Gasteiger partial charge in [0, 0.05) is 26.1 Å². The van der Waals surface area contributed by atoms with Gasteiger partial charge < -0.3 is 41.3 Å². The molecule has 14 nitrogen and oxygen atoms in total. The molecule has 6 atom stereocenters. The van der Waals surface area contributed by atoms with Crippen LogP contribution in [0.25, 0.3) is 0 Å². The third-order valence-corrected chi connectivity index (χ3v) is 7.60. The van der Waals surface area contributed by atoms with Crippen LogP contribution in [0.1, 0.15) is 58.1 Å². The Kier molecular flexibility index (Phi) is 12.6. The van der Waals surface area contributed by atoms with Gasteiger partial charge in [-0.05, 0) is 31.2 Å². The Balaban J connectivity index is 1.96. The zero-order valence-electron chi connectivity index (χ0n) is 25.6. The molecule has 14 heteroatoms. The second-order valence-corrected chi connectivity index (χ2v) is 11.6. The number of aliphatic hydroxyl groups excluding tert-OH is 1. The van der Waals surface area contributed by atoms with Crippen molar-refractivity contribution >= 4 is 35.4 Å². The van der Waals surface area contributed by atoms with E-state index in [-0.39, 0.29) is 50.7 Å². The lowest BCUT2D eigenvalue weighted by atomic mass is 10.00. The Morgan fingerprint density at radius 3 is 2.34 bits per heavy atom. The lowest BCUT2D eigenvalue weighted by molar-refractivity contribution is -0.143. The van der Waals surface area contributed by atoms with Crippen LogP contribution < -0.4 is 26.6 Å². The normalized spacial score (nSPS) is 27.2. The van der Waals surface area contributed by atoms with Crippen molar-refractivity contribution in [1.82, 2.24) is 31.5 Å². The van der Waals surface area contributed by atoms with Gasteiger partial charge in [-0.2, -0.15) is 0 Å². The molecule has 2 saturated heterocycles. The minimum atomic E-state index is -1.42. The zero-order valence-corrected chi connectivity index (χ0v) is 25.6. The molecule has 0 aliphatic carbocycles. The van der Waals surface area contributed by atoms with E-state index in [1.54, 1.807) is 30.3 Å². The number of hydrogen-bond acceptors (Lipinski definition) is 8. The molecule has 0 radical (unpaired) electrons. The maximum atomic E-state index is 13.7. The summed E-state index contributed by atoms with van der Waals surface area (Å²) in [5.41, 5.74) is 0.653. The monoisotopic (exact) mass is 616 g/mol. The molecule has 2 aliphatic heterocycles. The van der Waals surface area contributed by atoms with E-state index in [2.05, 4.69) is 26.6 Å². The van der Waals surface area contributed by atoms with Crippen molar-refractivity contribution < 1.29 is 38.6 Å². The molecule has 6 N–H and O–H groups in total. The van der Waals surface area contributed by atoms with Crippen LogP contribution in [0.15, 0.2) is 30.3 Å². The van der Waals surface area contributed by atoms with E-state index < -0.39 is 72.4 Å². The Bertz CT molecular complexity index is 1200. The first kappa shape index (κ1) is 34.5. The Morgan fingerprint density at radius 2 is 1.70 bits per heavy atom. The minimum Gasteiger partial charge on any atom is -0.394 e. The van der Waals surface area contributed by atoms with Crippen molar-refractivity contribution in [2.75, 3.05) is 26.9 Å².